The maximum absolute atomic E-state index is 12.8. The summed E-state index contributed by atoms with van der Waals surface area (Å²) in [6.45, 7) is 1.47. The molecule has 2 aromatic rings. The van der Waals surface area contributed by atoms with Crippen molar-refractivity contribution in [1.82, 2.24) is 0 Å². The van der Waals surface area contributed by atoms with Gasteiger partial charge in [0.05, 0.1) is 0 Å². The highest BCUT2D eigenvalue weighted by Gasteiger charge is 2.18. The third-order valence-electron chi connectivity index (χ3n) is 3.07. The van der Waals surface area contributed by atoms with Gasteiger partial charge in [0, 0.05) is 16.7 Å². The van der Waals surface area contributed by atoms with Crippen LogP contribution in [0.3, 0.4) is 0 Å². The van der Waals surface area contributed by atoms with E-state index in [-0.39, 0.29) is 5.56 Å². The number of halogens is 2. The molecule has 0 aliphatic heterocycles. The number of ketones is 1. The van der Waals surface area contributed by atoms with E-state index >= 15 is 0 Å². The lowest BCUT2D eigenvalue weighted by atomic mass is 10.1. The van der Waals surface area contributed by atoms with Crippen LogP contribution in [0.4, 0.5) is 4.39 Å². The molecule has 2 rings (SSSR count). The first-order valence-corrected chi connectivity index (χ1v) is 7.27. The highest BCUT2D eigenvalue weighted by atomic mass is 35.5. The summed E-state index contributed by atoms with van der Waals surface area (Å²) in [6.07, 6.45) is 1.84. The summed E-state index contributed by atoms with van der Waals surface area (Å²) in [5, 5.41) is 0.600. The van der Waals surface area contributed by atoms with Gasteiger partial charge in [0.1, 0.15) is 5.82 Å². The topological polar surface area (TPSA) is 43.4 Å². The molecule has 0 saturated heterocycles. The Bertz CT molecular complexity index is 721. The molecule has 0 heterocycles. The van der Waals surface area contributed by atoms with Gasteiger partial charge in [-0.25, -0.2) is 9.18 Å². The molecule has 118 valence electrons. The number of carbonyl (C=O) groups excluding carboxylic acids is 2. The zero-order valence-electron chi connectivity index (χ0n) is 12.3. The zero-order chi connectivity index (χ0) is 16.8. The van der Waals surface area contributed by atoms with Crippen LogP contribution in [-0.4, -0.2) is 17.9 Å². The van der Waals surface area contributed by atoms with Crippen molar-refractivity contribution in [2.45, 2.75) is 13.0 Å². The maximum atomic E-state index is 12.8. The van der Waals surface area contributed by atoms with Gasteiger partial charge >= 0.3 is 5.97 Å². The Morgan fingerprint density at radius 1 is 1.09 bits per heavy atom. The zero-order valence-corrected chi connectivity index (χ0v) is 13.1. The molecule has 0 radical (unpaired) electrons. The monoisotopic (exact) mass is 332 g/mol. The summed E-state index contributed by atoms with van der Waals surface area (Å²) in [5.74, 6) is -1.46. The Hall–Kier alpha value is -2.46. The minimum absolute atomic E-state index is 0.286. The average Bonchev–Trinajstić information content (AvgIpc) is 2.54. The molecule has 0 saturated carbocycles. The van der Waals surface area contributed by atoms with Crippen molar-refractivity contribution < 1.29 is 18.7 Å². The second-order valence-corrected chi connectivity index (χ2v) is 5.27. The van der Waals surface area contributed by atoms with Gasteiger partial charge < -0.3 is 4.74 Å². The lowest BCUT2D eigenvalue weighted by Gasteiger charge is -2.10. The van der Waals surface area contributed by atoms with Gasteiger partial charge in [-0.1, -0.05) is 23.7 Å². The van der Waals surface area contributed by atoms with Crippen LogP contribution in [0.5, 0.6) is 0 Å². The number of ether oxygens (including phenoxy) is 1. The van der Waals surface area contributed by atoms with Crippen LogP contribution in [0.25, 0.3) is 6.08 Å². The summed E-state index contributed by atoms with van der Waals surface area (Å²) in [7, 11) is 0. The fourth-order valence-electron chi connectivity index (χ4n) is 1.85. The van der Waals surface area contributed by atoms with Crippen LogP contribution in [0, 0.1) is 5.82 Å². The summed E-state index contributed by atoms with van der Waals surface area (Å²) < 4.78 is 17.9. The van der Waals surface area contributed by atoms with Crippen molar-refractivity contribution in [3.05, 3.63) is 76.6 Å². The summed E-state index contributed by atoms with van der Waals surface area (Å²) >= 11 is 5.77. The number of Topliss-reactive ketones (excluding diaryl/α,β-unsaturated/α-hetero) is 1. The Kier molecular flexibility index (Phi) is 5.66. The predicted molar refractivity (Wildman–Crippen MR) is 86.8 cm³/mol. The summed E-state index contributed by atoms with van der Waals surface area (Å²) in [6, 6.07) is 12.0. The second kappa shape index (κ2) is 7.70. The Morgan fingerprint density at radius 2 is 1.70 bits per heavy atom. The summed E-state index contributed by atoms with van der Waals surface area (Å²) in [5.41, 5.74) is 1.07. The third kappa shape index (κ3) is 5.04. The third-order valence-corrected chi connectivity index (χ3v) is 3.32. The highest BCUT2D eigenvalue weighted by Crippen LogP contribution is 2.11. The predicted octanol–water partition coefficient (Wildman–Crippen LogP) is 4.31. The van der Waals surface area contributed by atoms with E-state index in [1.54, 1.807) is 30.3 Å². The van der Waals surface area contributed by atoms with Gasteiger partial charge in [-0.3, -0.25) is 4.79 Å². The van der Waals surface area contributed by atoms with Gasteiger partial charge in [0.25, 0.3) is 0 Å². The molecule has 1 atom stereocenters. The fourth-order valence-corrected chi connectivity index (χ4v) is 1.98. The molecule has 0 aliphatic carbocycles. The molecule has 23 heavy (non-hydrogen) atoms. The maximum Gasteiger partial charge on any atom is 0.331 e. The van der Waals surface area contributed by atoms with Crippen LogP contribution in [0.2, 0.25) is 5.02 Å². The van der Waals surface area contributed by atoms with Crippen LogP contribution in [0.1, 0.15) is 22.8 Å². The molecule has 2 aromatic carbocycles. The van der Waals surface area contributed by atoms with E-state index in [2.05, 4.69) is 0 Å². The molecule has 3 nitrogen and oxygen atoms in total. The molecular weight excluding hydrogens is 319 g/mol. The highest BCUT2D eigenvalue weighted by molar-refractivity contribution is 6.30. The first-order chi connectivity index (χ1) is 11.0. The Labute approximate surface area is 138 Å². The van der Waals surface area contributed by atoms with Gasteiger partial charge in [0.2, 0.25) is 5.78 Å². The molecule has 0 fully saturated rings. The van der Waals surface area contributed by atoms with E-state index in [4.69, 9.17) is 16.3 Å². The number of benzene rings is 2. The van der Waals surface area contributed by atoms with Crippen molar-refractivity contribution in [3.8, 4) is 0 Å². The van der Waals surface area contributed by atoms with E-state index in [1.807, 2.05) is 0 Å². The molecule has 0 spiro atoms. The molecular formula is C18H14ClFO3. The normalized spacial score (nSPS) is 12.1. The van der Waals surface area contributed by atoms with Gasteiger partial charge in [-0.2, -0.15) is 0 Å². The van der Waals surface area contributed by atoms with Gasteiger partial charge in [-0.15, -0.1) is 0 Å². The van der Waals surface area contributed by atoms with E-state index in [0.29, 0.717) is 5.02 Å². The molecule has 0 unspecified atom stereocenters. The quantitative estimate of drug-likeness (QED) is 0.465. The van der Waals surface area contributed by atoms with Gasteiger partial charge in [0.15, 0.2) is 6.10 Å². The minimum Gasteiger partial charge on any atom is -0.451 e. The molecule has 0 amide bonds. The van der Waals surface area contributed by atoms with E-state index in [1.165, 1.54) is 37.3 Å². The molecule has 0 aromatic heterocycles. The molecule has 0 bridgehead atoms. The Morgan fingerprint density at radius 3 is 2.30 bits per heavy atom. The molecule has 0 aliphatic rings. The van der Waals surface area contributed by atoms with Crippen molar-refractivity contribution in [2.24, 2.45) is 0 Å². The summed E-state index contributed by atoms with van der Waals surface area (Å²) in [4.78, 5) is 23.8. The van der Waals surface area contributed by atoms with Crippen molar-refractivity contribution >= 4 is 29.4 Å². The molecule has 5 heteroatoms. The van der Waals surface area contributed by atoms with E-state index in [0.717, 1.165) is 5.56 Å². The first-order valence-electron chi connectivity index (χ1n) is 6.90. The van der Waals surface area contributed by atoms with Crippen LogP contribution < -0.4 is 0 Å². The number of hydrogen-bond donors (Lipinski definition) is 0. The van der Waals surface area contributed by atoms with E-state index < -0.39 is 23.7 Å². The smallest absolute Gasteiger partial charge is 0.331 e. The number of rotatable bonds is 5. The number of carbonyl (C=O) groups is 2. The largest absolute Gasteiger partial charge is 0.451 e. The second-order valence-electron chi connectivity index (χ2n) is 4.84. The number of hydrogen-bond acceptors (Lipinski definition) is 3. The fraction of sp³-hybridized carbons (Fsp3) is 0.111. The van der Waals surface area contributed by atoms with Gasteiger partial charge in [-0.05, 0) is 55.0 Å². The average molecular weight is 333 g/mol. The number of esters is 1. The minimum atomic E-state index is -0.956. The van der Waals surface area contributed by atoms with Crippen LogP contribution in [-0.2, 0) is 9.53 Å². The van der Waals surface area contributed by atoms with Crippen LogP contribution >= 0.6 is 11.6 Å². The van der Waals surface area contributed by atoms with E-state index in [9.17, 15) is 14.0 Å². The van der Waals surface area contributed by atoms with Crippen molar-refractivity contribution in [3.63, 3.8) is 0 Å². The van der Waals surface area contributed by atoms with Crippen molar-refractivity contribution in [1.29, 1.82) is 0 Å². The standard InChI is InChI=1S/C18H14ClFO3/c1-12(18(22)14-5-9-16(20)10-6-14)23-17(21)11-4-13-2-7-15(19)8-3-13/h2-12H,1H3/b11-4+/t12-/m0/s1. The SMILES string of the molecule is C[C@H](OC(=O)/C=C/c1ccc(Cl)cc1)C(=O)c1ccc(F)cc1. The first kappa shape index (κ1) is 16.9. The Balaban J connectivity index is 1.95. The molecule has 0 N–H and O–H groups in total. The lowest BCUT2D eigenvalue weighted by Crippen LogP contribution is -2.23. The van der Waals surface area contributed by atoms with Crippen LogP contribution in [0.15, 0.2) is 54.6 Å². The van der Waals surface area contributed by atoms with Crippen molar-refractivity contribution in [2.75, 3.05) is 0 Å². The lowest BCUT2D eigenvalue weighted by molar-refractivity contribution is -0.140.